The first kappa shape index (κ1) is 17.3. The summed E-state index contributed by atoms with van der Waals surface area (Å²) in [4.78, 5) is 17.0. The van der Waals surface area contributed by atoms with Crippen LogP contribution < -0.4 is 9.64 Å². The molecule has 1 aliphatic heterocycles. The van der Waals surface area contributed by atoms with Gasteiger partial charge in [0.15, 0.2) is 0 Å². The van der Waals surface area contributed by atoms with Crippen LogP contribution in [-0.2, 0) is 17.8 Å². The van der Waals surface area contributed by atoms with E-state index in [1.54, 1.807) is 0 Å². The molecule has 25 heavy (non-hydrogen) atoms. The third-order valence-electron chi connectivity index (χ3n) is 4.75. The van der Waals surface area contributed by atoms with Crippen molar-refractivity contribution in [3.05, 3.63) is 59.7 Å². The fourth-order valence-corrected chi connectivity index (χ4v) is 3.21. The van der Waals surface area contributed by atoms with Gasteiger partial charge in [0.2, 0.25) is 5.91 Å². The lowest BCUT2D eigenvalue weighted by atomic mass is 9.95. The molecule has 0 spiro atoms. The summed E-state index contributed by atoms with van der Waals surface area (Å²) in [5, 5.41) is 0. The average Bonchev–Trinajstić information content (AvgIpc) is 2.65. The van der Waals surface area contributed by atoms with E-state index in [0.717, 1.165) is 29.0 Å². The number of para-hydroxylation sites is 1. The fraction of sp³-hybridized carbons (Fsp3) is 0.381. The number of amides is 1. The molecular formula is C21H26N2O2. The van der Waals surface area contributed by atoms with Gasteiger partial charge in [-0.3, -0.25) is 4.79 Å². The van der Waals surface area contributed by atoms with Gasteiger partial charge >= 0.3 is 0 Å². The van der Waals surface area contributed by atoms with E-state index in [9.17, 15) is 4.79 Å². The first-order valence-electron chi connectivity index (χ1n) is 8.84. The number of carbonyl (C=O) groups is 1. The minimum atomic E-state index is -0.101. The van der Waals surface area contributed by atoms with Crippen LogP contribution in [0.25, 0.3) is 0 Å². The second kappa shape index (κ2) is 7.60. The lowest BCUT2D eigenvalue weighted by molar-refractivity contribution is -0.137. The summed E-state index contributed by atoms with van der Waals surface area (Å²) in [6.07, 6.45) is 0.755. The summed E-state index contributed by atoms with van der Waals surface area (Å²) in [5.41, 5.74) is 3.44. The van der Waals surface area contributed by atoms with E-state index in [1.165, 1.54) is 0 Å². The van der Waals surface area contributed by atoms with Crippen molar-refractivity contribution in [1.29, 1.82) is 0 Å². The highest BCUT2D eigenvalue weighted by molar-refractivity contribution is 5.79. The predicted molar refractivity (Wildman–Crippen MR) is 101 cm³/mol. The Morgan fingerprint density at radius 2 is 1.84 bits per heavy atom. The molecule has 1 aliphatic rings. The van der Waals surface area contributed by atoms with Crippen molar-refractivity contribution in [2.75, 3.05) is 32.1 Å². The quantitative estimate of drug-likeness (QED) is 0.838. The molecule has 4 nitrogen and oxygen atoms in total. The molecule has 0 saturated heterocycles. The van der Waals surface area contributed by atoms with Crippen molar-refractivity contribution in [3.63, 3.8) is 0 Å². The summed E-state index contributed by atoms with van der Waals surface area (Å²) < 4.78 is 5.79. The second-order valence-corrected chi connectivity index (χ2v) is 6.73. The monoisotopic (exact) mass is 338 g/mol. The van der Waals surface area contributed by atoms with Gasteiger partial charge in [0, 0.05) is 32.9 Å². The van der Waals surface area contributed by atoms with Gasteiger partial charge in [-0.2, -0.15) is 0 Å². The van der Waals surface area contributed by atoms with Crippen LogP contribution in [0.2, 0.25) is 0 Å². The van der Waals surface area contributed by atoms with E-state index in [-0.39, 0.29) is 11.8 Å². The smallest absolute Gasteiger partial charge is 0.229 e. The molecule has 1 amide bonds. The summed E-state index contributed by atoms with van der Waals surface area (Å²) in [5.74, 6) is 0.985. The number of fused-ring (bicyclic) bond motifs is 1. The molecule has 1 unspecified atom stereocenters. The topological polar surface area (TPSA) is 32.8 Å². The van der Waals surface area contributed by atoms with E-state index in [4.69, 9.17) is 4.74 Å². The van der Waals surface area contributed by atoms with E-state index in [1.807, 2.05) is 50.2 Å². The van der Waals surface area contributed by atoms with Gasteiger partial charge in [-0.25, -0.2) is 0 Å². The van der Waals surface area contributed by atoms with Crippen molar-refractivity contribution in [1.82, 2.24) is 4.90 Å². The van der Waals surface area contributed by atoms with E-state index in [2.05, 4.69) is 29.2 Å². The zero-order valence-electron chi connectivity index (χ0n) is 15.2. The number of rotatable bonds is 5. The van der Waals surface area contributed by atoms with Gasteiger partial charge in [-0.1, -0.05) is 30.3 Å². The summed E-state index contributed by atoms with van der Waals surface area (Å²) in [7, 11) is 4.05. The van der Waals surface area contributed by atoms with Crippen LogP contribution in [0.1, 0.15) is 18.1 Å². The highest BCUT2D eigenvalue weighted by atomic mass is 16.5. The van der Waals surface area contributed by atoms with Gasteiger partial charge in [-0.15, -0.1) is 0 Å². The Morgan fingerprint density at radius 1 is 1.12 bits per heavy atom. The summed E-state index contributed by atoms with van der Waals surface area (Å²) in [6.45, 7) is 3.84. The summed E-state index contributed by atoms with van der Waals surface area (Å²) >= 11 is 0. The van der Waals surface area contributed by atoms with Gasteiger partial charge in [0.1, 0.15) is 12.4 Å². The Hall–Kier alpha value is -2.49. The molecule has 2 aromatic rings. The zero-order chi connectivity index (χ0) is 17.8. The SMILES string of the molecule is CCN(Cc1ccc(N(C)C)cc1)C(=O)C1COc2ccccc2C1. The maximum atomic E-state index is 13.0. The molecule has 0 saturated carbocycles. The number of carbonyl (C=O) groups excluding carboxylic acids is 1. The second-order valence-electron chi connectivity index (χ2n) is 6.73. The Balaban J connectivity index is 1.67. The first-order valence-corrected chi connectivity index (χ1v) is 8.84. The number of hydrogen-bond acceptors (Lipinski definition) is 3. The molecule has 0 radical (unpaired) electrons. The highest BCUT2D eigenvalue weighted by Gasteiger charge is 2.28. The highest BCUT2D eigenvalue weighted by Crippen LogP contribution is 2.28. The number of anilines is 1. The van der Waals surface area contributed by atoms with E-state index >= 15 is 0 Å². The van der Waals surface area contributed by atoms with Gasteiger partial charge < -0.3 is 14.5 Å². The fourth-order valence-electron chi connectivity index (χ4n) is 3.21. The zero-order valence-corrected chi connectivity index (χ0v) is 15.2. The standard InChI is InChI=1S/C21H26N2O2/c1-4-23(14-16-9-11-19(12-10-16)22(2)3)21(24)18-13-17-7-5-6-8-20(17)25-15-18/h5-12,18H,4,13-15H2,1-3H3. The van der Waals surface area contributed by atoms with Gasteiger partial charge in [-0.05, 0) is 42.7 Å². The third kappa shape index (κ3) is 3.95. The Labute approximate surface area is 150 Å². The lowest BCUT2D eigenvalue weighted by Gasteiger charge is -2.30. The van der Waals surface area contributed by atoms with Gasteiger partial charge in [0.05, 0.1) is 5.92 Å². The van der Waals surface area contributed by atoms with Crippen molar-refractivity contribution in [2.24, 2.45) is 5.92 Å². The molecule has 0 fully saturated rings. The molecule has 1 atom stereocenters. The van der Waals surface area contributed by atoms with Crippen molar-refractivity contribution in [3.8, 4) is 5.75 Å². The van der Waals surface area contributed by atoms with Crippen LogP contribution in [0.15, 0.2) is 48.5 Å². The van der Waals surface area contributed by atoms with Crippen molar-refractivity contribution < 1.29 is 9.53 Å². The molecular weight excluding hydrogens is 312 g/mol. The minimum Gasteiger partial charge on any atom is -0.492 e. The minimum absolute atomic E-state index is 0.101. The van der Waals surface area contributed by atoms with E-state index < -0.39 is 0 Å². The summed E-state index contributed by atoms with van der Waals surface area (Å²) in [6, 6.07) is 16.4. The Kier molecular flexibility index (Phi) is 5.27. The molecule has 0 bridgehead atoms. The van der Waals surface area contributed by atoms with E-state index in [0.29, 0.717) is 19.7 Å². The van der Waals surface area contributed by atoms with Crippen LogP contribution in [0.4, 0.5) is 5.69 Å². The number of benzene rings is 2. The molecule has 0 N–H and O–H groups in total. The predicted octanol–water partition coefficient (Wildman–Crippen LogP) is 3.35. The van der Waals surface area contributed by atoms with Crippen molar-refractivity contribution in [2.45, 2.75) is 19.9 Å². The average molecular weight is 338 g/mol. The third-order valence-corrected chi connectivity index (χ3v) is 4.75. The normalized spacial score (nSPS) is 15.9. The molecule has 1 heterocycles. The van der Waals surface area contributed by atoms with Crippen LogP contribution >= 0.6 is 0 Å². The first-order chi connectivity index (χ1) is 12.1. The maximum Gasteiger partial charge on any atom is 0.229 e. The Bertz CT molecular complexity index is 725. The number of ether oxygens (including phenoxy) is 1. The molecule has 4 heteroatoms. The Morgan fingerprint density at radius 3 is 2.52 bits per heavy atom. The number of hydrogen-bond donors (Lipinski definition) is 0. The molecule has 0 aromatic heterocycles. The molecule has 3 rings (SSSR count). The van der Waals surface area contributed by atoms with Crippen LogP contribution in [0.5, 0.6) is 5.75 Å². The lowest BCUT2D eigenvalue weighted by Crippen LogP contribution is -2.40. The molecule has 132 valence electrons. The molecule has 2 aromatic carbocycles. The largest absolute Gasteiger partial charge is 0.492 e. The van der Waals surface area contributed by atoms with Crippen LogP contribution in [0, 0.1) is 5.92 Å². The van der Waals surface area contributed by atoms with Gasteiger partial charge in [0.25, 0.3) is 0 Å². The van der Waals surface area contributed by atoms with Crippen LogP contribution in [-0.4, -0.2) is 38.1 Å². The molecule has 0 aliphatic carbocycles. The maximum absolute atomic E-state index is 13.0. The number of nitrogens with zero attached hydrogens (tertiary/aromatic N) is 2. The van der Waals surface area contributed by atoms with Crippen LogP contribution in [0.3, 0.4) is 0 Å². The van der Waals surface area contributed by atoms with Crippen molar-refractivity contribution >= 4 is 11.6 Å².